The summed E-state index contributed by atoms with van der Waals surface area (Å²) in [6.07, 6.45) is 2.27. The van der Waals surface area contributed by atoms with Gasteiger partial charge in [0, 0.05) is 31.0 Å². The number of carbonyl (C=O) groups excluding carboxylic acids is 2. The molecule has 0 unspecified atom stereocenters. The minimum Gasteiger partial charge on any atom is -0.493 e. The molecular formula is C34H37N5O9S. The first kappa shape index (κ1) is 34.9. The van der Waals surface area contributed by atoms with E-state index in [9.17, 15) is 18.0 Å². The van der Waals surface area contributed by atoms with Crippen molar-refractivity contribution in [1.82, 2.24) is 14.9 Å². The number of nitrogens with one attached hydrogen (secondary N) is 2. The molecule has 0 atom stereocenters. The number of carbonyl (C=O) groups is 2. The number of hydrogen-bond donors (Lipinski definition) is 2. The number of nitrogens with zero attached hydrogens (tertiary/aromatic N) is 3. The fourth-order valence-electron chi connectivity index (χ4n) is 4.73. The van der Waals surface area contributed by atoms with Crippen LogP contribution in [-0.2, 0) is 19.5 Å². The number of anilines is 2. The second-order valence-corrected chi connectivity index (χ2v) is 12.7. The summed E-state index contributed by atoms with van der Waals surface area (Å²) in [4.78, 5) is 35.8. The first-order valence-corrected chi connectivity index (χ1v) is 16.9. The Morgan fingerprint density at radius 1 is 0.939 bits per heavy atom. The van der Waals surface area contributed by atoms with Crippen molar-refractivity contribution in [1.29, 1.82) is 0 Å². The minimum atomic E-state index is -4.29. The third-order valence-electron chi connectivity index (χ3n) is 7.30. The van der Waals surface area contributed by atoms with Crippen molar-refractivity contribution < 1.29 is 41.7 Å². The number of amides is 2. The third kappa shape index (κ3) is 9.15. The maximum Gasteiger partial charge on any atom is 0.412 e. The number of aromatic nitrogens is 2. The number of morpholine rings is 1. The van der Waals surface area contributed by atoms with Crippen LogP contribution in [0.15, 0.2) is 84.1 Å². The van der Waals surface area contributed by atoms with Gasteiger partial charge in [-0.25, -0.2) is 14.8 Å². The Morgan fingerprint density at radius 2 is 1.69 bits per heavy atom. The number of methoxy groups -OCH3 is 1. The number of ether oxygens (including phenoxy) is 5. The normalized spacial score (nSPS) is 13.0. The molecule has 49 heavy (non-hydrogen) atoms. The highest BCUT2D eigenvalue weighted by atomic mass is 32.2. The van der Waals surface area contributed by atoms with E-state index in [4.69, 9.17) is 23.7 Å². The SMILES string of the molecule is COc1ccccc1Oc1c(NS(=O)(=O)c2ccc(C(C)C)cn2)cc(C(=O)N2CCOCC2)cc1OCCOC(=O)Nc1ccccn1. The lowest BCUT2D eigenvalue weighted by Gasteiger charge is -2.27. The lowest BCUT2D eigenvalue weighted by Crippen LogP contribution is -2.40. The Morgan fingerprint density at radius 3 is 2.37 bits per heavy atom. The Bertz CT molecular complexity index is 1850. The Labute approximate surface area is 284 Å². The minimum absolute atomic E-state index is 0.000403. The molecule has 2 amide bonds. The van der Waals surface area contributed by atoms with E-state index in [1.165, 1.54) is 37.7 Å². The molecule has 2 aromatic heterocycles. The summed E-state index contributed by atoms with van der Waals surface area (Å²) in [6, 6.07) is 17.7. The van der Waals surface area contributed by atoms with E-state index in [1.807, 2.05) is 13.8 Å². The fraction of sp³-hybridized carbons (Fsp3) is 0.294. The molecule has 2 aromatic carbocycles. The molecule has 0 saturated carbocycles. The number of para-hydroxylation sites is 2. The van der Waals surface area contributed by atoms with Crippen LogP contribution >= 0.6 is 0 Å². The van der Waals surface area contributed by atoms with Crippen LogP contribution in [0.5, 0.6) is 23.0 Å². The monoisotopic (exact) mass is 691 g/mol. The average Bonchev–Trinajstić information content (AvgIpc) is 3.11. The third-order valence-corrected chi connectivity index (χ3v) is 8.58. The maximum absolute atomic E-state index is 13.7. The predicted octanol–water partition coefficient (Wildman–Crippen LogP) is 5.30. The van der Waals surface area contributed by atoms with Crippen LogP contribution in [0.2, 0.25) is 0 Å². The van der Waals surface area contributed by atoms with Crippen LogP contribution in [0, 0.1) is 0 Å². The number of pyridine rings is 2. The van der Waals surface area contributed by atoms with Gasteiger partial charge in [0.05, 0.1) is 26.0 Å². The lowest BCUT2D eigenvalue weighted by molar-refractivity contribution is 0.0302. The van der Waals surface area contributed by atoms with Gasteiger partial charge in [-0.05, 0) is 53.9 Å². The van der Waals surface area contributed by atoms with Gasteiger partial charge in [0.15, 0.2) is 28.0 Å². The van der Waals surface area contributed by atoms with Crippen LogP contribution in [0.1, 0.15) is 35.7 Å². The smallest absolute Gasteiger partial charge is 0.412 e. The molecular weight excluding hydrogens is 654 g/mol. The average molecular weight is 692 g/mol. The summed E-state index contributed by atoms with van der Waals surface area (Å²) in [5.74, 6) is 0.612. The van der Waals surface area contributed by atoms with Crippen LogP contribution < -0.4 is 24.2 Å². The van der Waals surface area contributed by atoms with E-state index < -0.39 is 16.1 Å². The maximum atomic E-state index is 13.7. The first-order chi connectivity index (χ1) is 23.6. The standard InChI is InChI=1S/C34H37N5O9S/c1-23(2)24-11-12-31(36-22-24)49(42,43)38-26-20-25(33(40)39-14-16-45-17-15-39)21-29(32(26)48-28-9-5-4-8-27(28)44-3)46-18-19-47-34(41)37-30-10-6-7-13-35-30/h4-13,20-23,38H,14-19H2,1-3H3,(H,35,37,41). The topological polar surface area (TPSA) is 168 Å². The summed E-state index contributed by atoms with van der Waals surface area (Å²) in [7, 11) is -2.83. The fourth-order valence-corrected chi connectivity index (χ4v) is 5.71. The zero-order valence-electron chi connectivity index (χ0n) is 27.2. The molecule has 15 heteroatoms. The number of sulfonamides is 1. The van der Waals surface area contributed by atoms with Gasteiger partial charge in [0.1, 0.15) is 19.0 Å². The molecule has 14 nitrogen and oxygen atoms in total. The van der Waals surface area contributed by atoms with Gasteiger partial charge in [-0.15, -0.1) is 0 Å². The molecule has 0 radical (unpaired) electrons. The van der Waals surface area contributed by atoms with Crippen molar-refractivity contribution >= 4 is 33.5 Å². The molecule has 258 valence electrons. The van der Waals surface area contributed by atoms with E-state index >= 15 is 0 Å². The molecule has 1 aliphatic heterocycles. The number of benzene rings is 2. The van der Waals surface area contributed by atoms with E-state index in [2.05, 4.69) is 20.0 Å². The molecule has 0 aliphatic carbocycles. The summed E-state index contributed by atoms with van der Waals surface area (Å²) in [6.45, 7) is 4.97. The van der Waals surface area contributed by atoms with Gasteiger partial charge >= 0.3 is 6.09 Å². The van der Waals surface area contributed by atoms with Crippen LogP contribution in [0.3, 0.4) is 0 Å². The molecule has 4 aromatic rings. The molecule has 0 spiro atoms. The largest absolute Gasteiger partial charge is 0.493 e. The lowest BCUT2D eigenvalue weighted by atomic mass is 10.1. The van der Waals surface area contributed by atoms with Crippen molar-refractivity contribution in [2.24, 2.45) is 0 Å². The van der Waals surface area contributed by atoms with Gasteiger partial charge in [-0.3, -0.25) is 14.8 Å². The van der Waals surface area contributed by atoms with Gasteiger partial charge < -0.3 is 28.6 Å². The molecule has 3 heterocycles. The summed E-state index contributed by atoms with van der Waals surface area (Å²) < 4.78 is 58.4. The second kappa shape index (κ2) is 16.1. The molecule has 2 N–H and O–H groups in total. The van der Waals surface area contributed by atoms with Crippen molar-refractivity contribution in [2.45, 2.75) is 24.8 Å². The quantitative estimate of drug-likeness (QED) is 0.175. The Hall–Kier alpha value is -5.41. The molecule has 0 bridgehead atoms. The van der Waals surface area contributed by atoms with E-state index in [-0.39, 0.29) is 58.6 Å². The zero-order chi connectivity index (χ0) is 34.8. The zero-order valence-corrected chi connectivity index (χ0v) is 28.1. The van der Waals surface area contributed by atoms with E-state index in [1.54, 1.807) is 53.4 Å². The Balaban J connectivity index is 1.50. The predicted molar refractivity (Wildman–Crippen MR) is 180 cm³/mol. The van der Waals surface area contributed by atoms with Crippen LogP contribution in [-0.4, -0.2) is 81.9 Å². The summed E-state index contributed by atoms with van der Waals surface area (Å²) in [5.41, 5.74) is 0.895. The van der Waals surface area contributed by atoms with Crippen molar-refractivity contribution in [3.05, 3.63) is 90.3 Å². The highest BCUT2D eigenvalue weighted by Gasteiger charge is 2.27. The molecule has 1 aliphatic rings. The second-order valence-electron chi connectivity index (χ2n) is 11.0. The molecule has 1 fully saturated rings. The van der Waals surface area contributed by atoms with Crippen molar-refractivity contribution in [3.63, 3.8) is 0 Å². The van der Waals surface area contributed by atoms with Gasteiger partial charge in [0.2, 0.25) is 0 Å². The highest BCUT2D eigenvalue weighted by molar-refractivity contribution is 7.92. The summed E-state index contributed by atoms with van der Waals surface area (Å²) in [5, 5.41) is 2.27. The van der Waals surface area contributed by atoms with Gasteiger partial charge in [-0.1, -0.05) is 38.1 Å². The van der Waals surface area contributed by atoms with E-state index in [0.717, 1.165) is 5.56 Å². The molecule has 5 rings (SSSR count). The van der Waals surface area contributed by atoms with E-state index in [0.29, 0.717) is 37.9 Å². The van der Waals surface area contributed by atoms with Gasteiger partial charge in [0.25, 0.3) is 15.9 Å². The molecule has 1 saturated heterocycles. The Kier molecular flexibility index (Phi) is 11.5. The van der Waals surface area contributed by atoms with Crippen LogP contribution in [0.4, 0.5) is 16.3 Å². The first-order valence-electron chi connectivity index (χ1n) is 15.5. The van der Waals surface area contributed by atoms with Gasteiger partial charge in [-0.2, -0.15) is 8.42 Å². The van der Waals surface area contributed by atoms with Crippen molar-refractivity contribution in [2.75, 3.05) is 56.7 Å². The van der Waals surface area contributed by atoms with Crippen LogP contribution in [0.25, 0.3) is 0 Å². The van der Waals surface area contributed by atoms with Crippen molar-refractivity contribution in [3.8, 4) is 23.0 Å². The highest BCUT2D eigenvalue weighted by Crippen LogP contribution is 2.43. The number of rotatable bonds is 13. The number of hydrogen-bond acceptors (Lipinski definition) is 11. The summed E-state index contributed by atoms with van der Waals surface area (Å²) >= 11 is 0.